The number of nitrogens with zero attached hydrogens (tertiary/aromatic N) is 1. The van der Waals surface area contributed by atoms with Gasteiger partial charge in [-0.05, 0) is 47.4 Å². The number of hydrogen-bond acceptors (Lipinski definition) is 4. The van der Waals surface area contributed by atoms with Crippen molar-refractivity contribution in [3.8, 4) is 0 Å². The number of aromatic amines is 1. The lowest BCUT2D eigenvalue weighted by Crippen LogP contribution is -2.47. The van der Waals surface area contributed by atoms with Gasteiger partial charge in [0.2, 0.25) is 5.91 Å². The number of hydrogen-bond donors (Lipinski definition) is 4. The highest BCUT2D eigenvalue weighted by Gasteiger charge is 2.35. The van der Waals surface area contributed by atoms with Gasteiger partial charge in [-0.15, -0.1) is 0 Å². The first-order chi connectivity index (χ1) is 18.0. The van der Waals surface area contributed by atoms with Gasteiger partial charge in [0.1, 0.15) is 5.69 Å². The van der Waals surface area contributed by atoms with Crippen LogP contribution in [0.4, 0.5) is 0 Å². The summed E-state index contributed by atoms with van der Waals surface area (Å²) in [5.41, 5.74) is 4.44. The molecule has 0 aliphatic heterocycles. The average Bonchev–Trinajstić information content (AvgIpc) is 3.46. The van der Waals surface area contributed by atoms with Crippen LogP contribution in [-0.4, -0.2) is 52.5 Å². The second-order valence-electron chi connectivity index (χ2n) is 9.36. The van der Waals surface area contributed by atoms with E-state index in [9.17, 15) is 14.7 Å². The van der Waals surface area contributed by atoms with Gasteiger partial charge in [0.05, 0.1) is 25.2 Å². The predicted octanol–water partition coefficient (Wildman–Crippen LogP) is 3.83. The third kappa shape index (κ3) is 5.85. The van der Waals surface area contributed by atoms with Crippen molar-refractivity contribution < 1.29 is 14.7 Å². The Labute approximate surface area is 220 Å². The molecule has 0 radical (unpaired) electrons. The Hall–Kier alpha value is -3.65. The van der Waals surface area contributed by atoms with E-state index in [1.165, 1.54) is 0 Å². The van der Waals surface area contributed by atoms with E-state index in [2.05, 4.69) is 15.6 Å². The normalized spacial score (nSPS) is 16.6. The maximum atomic E-state index is 13.2. The van der Waals surface area contributed by atoms with Crippen LogP contribution in [0.25, 0.3) is 10.9 Å². The van der Waals surface area contributed by atoms with Crippen LogP contribution in [0.15, 0.2) is 78.9 Å². The number of aliphatic hydroxyl groups excluding tert-OH is 1. The molecule has 4 N–H and O–H groups in total. The summed E-state index contributed by atoms with van der Waals surface area (Å²) >= 11 is 6.09. The monoisotopic (exact) mass is 516 g/mol. The molecular weight excluding hydrogens is 488 g/mol. The first kappa shape index (κ1) is 25.0. The molecule has 0 fully saturated rings. The molecule has 1 aliphatic carbocycles. The molecule has 1 aromatic heterocycles. The standard InChI is InChI=1S/C29H29ClN4O3/c30-22-10-11-24-21(14-22)16-26(31-24)29(37)32-25-15-20-8-4-5-9-23(20)28(25)33-27(36)18-34(12-13-35)17-19-6-2-1-3-7-19/h1-11,14,16,25,28,31,35H,12-13,15,17-18H2,(H,32,37)(H,33,36)/t25-,28-/m1/s1. The van der Waals surface area contributed by atoms with Crippen LogP contribution in [0.3, 0.4) is 0 Å². The van der Waals surface area contributed by atoms with Crippen molar-refractivity contribution in [1.29, 1.82) is 0 Å². The van der Waals surface area contributed by atoms with Gasteiger partial charge in [-0.25, -0.2) is 0 Å². The molecule has 7 nitrogen and oxygen atoms in total. The lowest BCUT2D eigenvalue weighted by atomic mass is 10.1. The van der Waals surface area contributed by atoms with Crippen LogP contribution in [0, 0.1) is 0 Å². The second-order valence-corrected chi connectivity index (χ2v) is 9.80. The molecule has 0 bridgehead atoms. The fraction of sp³-hybridized carbons (Fsp3) is 0.241. The molecule has 37 heavy (non-hydrogen) atoms. The van der Waals surface area contributed by atoms with E-state index >= 15 is 0 Å². The summed E-state index contributed by atoms with van der Waals surface area (Å²) in [5, 5.41) is 17.3. The highest BCUT2D eigenvalue weighted by Crippen LogP contribution is 2.32. The highest BCUT2D eigenvalue weighted by atomic mass is 35.5. The zero-order chi connectivity index (χ0) is 25.8. The van der Waals surface area contributed by atoms with Crippen LogP contribution in [0.2, 0.25) is 5.02 Å². The van der Waals surface area contributed by atoms with E-state index in [-0.39, 0.29) is 37.0 Å². The van der Waals surface area contributed by atoms with Gasteiger partial charge in [-0.2, -0.15) is 0 Å². The number of fused-ring (bicyclic) bond motifs is 2. The first-order valence-electron chi connectivity index (χ1n) is 12.3. The predicted molar refractivity (Wildman–Crippen MR) is 144 cm³/mol. The highest BCUT2D eigenvalue weighted by molar-refractivity contribution is 6.31. The van der Waals surface area contributed by atoms with Gasteiger partial charge in [0.25, 0.3) is 5.91 Å². The molecule has 2 atom stereocenters. The topological polar surface area (TPSA) is 97.5 Å². The van der Waals surface area contributed by atoms with Gasteiger partial charge in [-0.3, -0.25) is 14.5 Å². The Bertz CT molecular complexity index is 1400. The van der Waals surface area contributed by atoms with Crippen molar-refractivity contribution >= 4 is 34.3 Å². The first-order valence-corrected chi connectivity index (χ1v) is 12.7. The summed E-state index contributed by atoms with van der Waals surface area (Å²) in [7, 11) is 0. The van der Waals surface area contributed by atoms with Crippen LogP contribution in [0.1, 0.15) is 33.2 Å². The Morgan fingerprint density at radius 1 is 1.00 bits per heavy atom. The number of aromatic nitrogens is 1. The largest absolute Gasteiger partial charge is 0.395 e. The second kappa shape index (κ2) is 11.2. The molecule has 1 aliphatic rings. The molecule has 1 heterocycles. The minimum absolute atomic E-state index is 0.0409. The SMILES string of the molecule is O=C(CN(CCO)Cc1ccccc1)N[C@@H]1c2ccccc2C[C@H]1NC(=O)c1cc2cc(Cl)ccc2[nH]1. The summed E-state index contributed by atoms with van der Waals surface area (Å²) in [6.07, 6.45) is 0.614. The Morgan fingerprint density at radius 2 is 1.78 bits per heavy atom. The quantitative estimate of drug-likeness (QED) is 0.272. The average molecular weight is 517 g/mol. The summed E-state index contributed by atoms with van der Waals surface area (Å²) in [6.45, 7) is 1.03. The van der Waals surface area contributed by atoms with E-state index in [1.807, 2.05) is 71.6 Å². The zero-order valence-electron chi connectivity index (χ0n) is 20.3. The molecule has 190 valence electrons. The molecule has 2 amide bonds. The number of amides is 2. The van der Waals surface area contributed by atoms with Gasteiger partial charge >= 0.3 is 0 Å². The number of nitrogens with one attached hydrogen (secondary N) is 3. The maximum absolute atomic E-state index is 13.2. The van der Waals surface area contributed by atoms with Crippen molar-refractivity contribution in [3.05, 3.63) is 106 Å². The summed E-state index contributed by atoms with van der Waals surface area (Å²) in [4.78, 5) is 31.4. The number of rotatable bonds is 9. The van der Waals surface area contributed by atoms with Gasteiger partial charge in [0, 0.05) is 29.0 Å². The molecule has 8 heteroatoms. The molecule has 4 aromatic rings. The lowest BCUT2D eigenvalue weighted by molar-refractivity contribution is -0.123. The molecule has 0 spiro atoms. The van der Waals surface area contributed by atoms with Crippen molar-refractivity contribution in [3.63, 3.8) is 0 Å². The fourth-order valence-electron chi connectivity index (χ4n) is 5.00. The minimum atomic E-state index is -0.362. The third-order valence-electron chi connectivity index (χ3n) is 6.73. The minimum Gasteiger partial charge on any atom is -0.395 e. The summed E-state index contributed by atoms with van der Waals surface area (Å²) < 4.78 is 0. The lowest BCUT2D eigenvalue weighted by Gasteiger charge is -2.26. The van der Waals surface area contributed by atoms with E-state index in [0.29, 0.717) is 30.2 Å². The number of halogens is 1. The summed E-state index contributed by atoms with van der Waals surface area (Å²) in [6, 6.07) is 24.3. The van der Waals surface area contributed by atoms with E-state index in [1.54, 1.807) is 12.1 Å². The summed E-state index contributed by atoms with van der Waals surface area (Å²) in [5.74, 6) is -0.402. The number of carbonyl (C=O) groups excluding carboxylic acids is 2. The zero-order valence-corrected chi connectivity index (χ0v) is 21.0. The molecular formula is C29H29ClN4O3. The Morgan fingerprint density at radius 3 is 2.59 bits per heavy atom. The van der Waals surface area contributed by atoms with Crippen molar-refractivity contribution in [1.82, 2.24) is 20.5 Å². The van der Waals surface area contributed by atoms with Crippen molar-refractivity contribution in [2.24, 2.45) is 0 Å². The van der Waals surface area contributed by atoms with Gasteiger partial charge in [0.15, 0.2) is 0 Å². The Kier molecular flexibility index (Phi) is 7.55. The number of carbonyl (C=O) groups is 2. The van der Waals surface area contributed by atoms with Crippen molar-refractivity contribution in [2.45, 2.75) is 25.0 Å². The van der Waals surface area contributed by atoms with Crippen LogP contribution in [0.5, 0.6) is 0 Å². The van der Waals surface area contributed by atoms with E-state index in [0.717, 1.165) is 27.6 Å². The number of benzene rings is 3. The number of aliphatic hydroxyl groups is 1. The van der Waals surface area contributed by atoms with Gasteiger partial charge < -0.3 is 20.7 Å². The molecule has 5 rings (SSSR count). The third-order valence-corrected chi connectivity index (χ3v) is 6.96. The van der Waals surface area contributed by atoms with Gasteiger partial charge in [-0.1, -0.05) is 66.2 Å². The van der Waals surface area contributed by atoms with Crippen LogP contribution < -0.4 is 10.6 Å². The fourth-order valence-corrected chi connectivity index (χ4v) is 5.18. The van der Waals surface area contributed by atoms with Crippen molar-refractivity contribution in [2.75, 3.05) is 19.7 Å². The molecule has 0 saturated carbocycles. The molecule has 3 aromatic carbocycles. The van der Waals surface area contributed by atoms with E-state index in [4.69, 9.17) is 11.6 Å². The Balaban J connectivity index is 1.30. The molecule has 0 saturated heterocycles. The van der Waals surface area contributed by atoms with Crippen LogP contribution in [-0.2, 0) is 17.8 Å². The smallest absolute Gasteiger partial charge is 0.268 e. The molecule has 0 unspecified atom stereocenters. The van der Waals surface area contributed by atoms with E-state index < -0.39 is 0 Å². The maximum Gasteiger partial charge on any atom is 0.268 e. The number of H-pyrrole nitrogens is 1. The van der Waals surface area contributed by atoms with Crippen LogP contribution >= 0.6 is 11.6 Å².